The summed E-state index contributed by atoms with van der Waals surface area (Å²) in [4.78, 5) is 31.9. The summed E-state index contributed by atoms with van der Waals surface area (Å²) in [5.74, 6) is -0.718. The summed E-state index contributed by atoms with van der Waals surface area (Å²) in [7, 11) is 1.30. The van der Waals surface area contributed by atoms with E-state index in [0.717, 1.165) is 31.9 Å². The number of nitrogens with one attached hydrogen (secondary N) is 3. The highest BCUT2D eigenvalue weighted by molar-refractivity contribution is 6.31. The number of aromatic nitrogens is 1. The standard InChI is InChI=1S/C23H24Cl2N4O3/c1-14(28-8-10-29(11-9-28)17-5-3-4-15(24)12-17)22(30)27-20-18-13-16(25)6-7-19(18)26-21(20)23(31)32-2/h3-7,12-14,26H,8-11H2,1-2H3,(H,27,30)/p+1/t14-/m1/s1. The molecule has 2 heterocycles. The minimum Gasteiger partial charge on any atom is -0.464 e. The molecule has 3 aromatic rings. The van der Waals surface area contributed by atoms with Crippen LogP contribution in [0.1, 0.15) is 17.4 Å². The lowest BCUT2D eigenvalue weighted by atomic mass is 10.1. The maximum Gasteiger partial charge on any atom is 0.356 e. The van der Waals surface area contributed by atoms with Gasteiger partial charge in [-0.2, -0.15) is 0 Å². The van der Waals surface area contributed by atoms with E-state index in [-0.39, 0.29) is 17.6 Å². The maximum atomic E-state index is 13.1. The Kier molecular flexibility index (Phi) is 6.60. The summed E-state index contributed by atoms with van der Waals surface area (Å²) in [6.07, 6.45) is 0. The van der Waals surface area contributed by atoms with Crippen LogP contribution in [-0.4, -0.2) is 56.2 Å². The average Bonchev–Trinajstić information content (AvgIpc) is 3.15. The molecule has 0 saturated carbocycles. The van der Waals surface area contributed by atoms with Gasteiger partial charge in [0, 0.05) is 26.6 Å². The third-order valence-electron chi connectivity index (χ3n) is 5.98. The predicted molar refractivity (Wildman–Crippen MR) is 127 cm³/mol. The number of amides is 1. The summed E-state index contributed by atoms with van der Waals surface area (Å²) < 4.78 is 4.88. The first-order chi connectivity index (χ1) is 15.4. The zero-order valence-electron chi connectivity index (χ0n) is 17.9. The fourth-order valence-electron chi connectivity index (χ4n) is 4.12. The number of carbonyl (C=O) groups is 2. The van der Waals surface area contributed by atoms with Gasteiger partial charge in [-0.3, -0.25) is 4.79 Å². The molecule has 0 bridgehead atoms. The second-order valence-electron chi connectivity index (χ2n) is 7.89. The summed E-state index contributed by atoms with van der Waals surface area (Å²) in [6.45, 7) is 5.17. The highest BCUT2D eigenvalue weighted by Crippen LogP contribution is 2.30. The number of halogens is 2. The van der Waals surface area contributed by atoms with Crippen molar-refractivity contribution in [3.8, 4) is 0 Å². The van der Waals surface area contributed by atoms with Gasteiger partial charge in [-0.05, 0) is 43.3 Å². The number of fused-ring (bicyclic) bond motifs is 1. The Morgan fingerprint density at radius 3 is 2.53 bits per heavy atom. The third kappa shape index (κ3) is 4.55. The smallest absolute Gasteiger partial charge is 0.356 e. The van der Waals surface area contributed by atoms with Crippen LogP contribution < -0.4 is 15.1 Å². The fourth-order valence-corrected chi connectivity index (χ4v) is 4.48. The van der Waals surface area contributed by atoms with Crippen molar-refractivity contribution in [1.82, 2.24) is 4.98 Å². The molecule has 7 nitrogen and oxygen atoms in total. The van der Waals surface area contributed by atoms with E-state index in [2.05, 4.69) is 15.2 Å². The molecule has 1 amide bonds. The van der Waals surface area contributed by atoms with E-state index in [9.17, 15) is 9.59 Å². The molecule has 2 aromatic carbocycles. The number of H-pyrrole nitrogens is 1. The first kappa shape index (κ1) is 22.5. The number of carbonyl (C=O) groups excluding carboxylic acids is 2. The van der Waals surface area contributed by atoms with Crippen LogP contribution in [0.25, 0.3) is 10.9 Å². The highest BCUT2D eigenvalue weighted by Gasteiger charge is 2.31. The molecule has 1 fully saturated rings. The minimum absolute atomic E-state index is 0.165. The molecule has 4 rings (SSSR count). The number of ether oxygens (including phenoxy) is 1. The Hall–Kier alpha value is -2.74. The van der Waals surface area contributed by atoms with Gasteiger partial charge in [0.05, 0.1) is 39.0 Å². The summed E-state index contributed by atoms with van der Waals surface area (Å²) in [6, 6.07) is 12.7. The van der Waals surface area contributed by atoms with Crippen molar-refractivity contribution in [3.63, 3.8) is 0 Å². The molecule has 1 aliphatic rings. The Labute approximate surface area is 196 Å². The molecule has 1 aliphatic heterocycles. The Balaban J connectivity index is 1.48. The molecular formula is C23H25Cl2N4O3+. The number of nitrogens with zero attached hydrogens (tertiary/aromatic N) is 1. The topological polar surface area (TPSA) is 78.9 Å². The van der Waals surface area contributed by atoms with Crippen LogP contribution in [0.3, 0.4) is 0 Å². The number of hydrogen-bond donors (Lipinski definition) is 3. The number of piperazine rings is 1. The van der Waals surface area contributed by atoms with Gasteiger partial charge >= 0.3 is 5.97 Å². The van der Waals surface area contributed by atoms with E-state index < -0.39 is 5.97 Å². The van der Waals surface area contributed by atoms with Gasteiger partial charge in [0.2, 0.25) is 0 Å². The van der Waals surface area contributed by atoms with Crippen molar-refractivity contribution in [3.05, 3.63) is 58.2 Å². The zero-order chi connectivity index (χ0) is 22.8. The number of esters is 1. The number of methoxy groups -OCH3 is 1. The molecule has 3 N–H and O–H groups in total. The predicted octanol–water partition coefficient (Wildman–Crippen LogP) is 2.99. The monoisotopic (exact) mass is 475 g/mol. The molecule has 1 saturated heterocycles. The van der Waals surface area contributed by atoms with Gasteiger partial charge in [-0.1, -0.05) is 29.3 Å². The van der Waals surface area contributed by atoms with Gasteiger partial charge in [0.25, 0.3) is 5.91 Å². The molecule has 9 heteroatoms. The number of rotatable bonds is 5. The second-order valence-corrected chi connectivity index (χ2v) is 8.77. The lowest BCUT2D eigenvalue weighted by Gasteiger charge is -2.36. The maximum absolute atomic E-state index is 13.1. The van der Waals surface area contributed by atoms with Gasteiger partial charge in [0.1, 0.15) is 5.69 Å². The van der Waals surface area contributed by atoms with Crippen molar-refractivity contribution in [1.29, 1.82) is 0 Å². The van der Waals surface area contributed by atoms with Crippen molar-refractivity contribution in [2.45, 2.75) is 13.0 Å². The Morgan fingerprint density at radius 1 is 1.12 bits per heavy atom. The molecule has 0 spiro atoms. The molecule has 0 radical (unpaired) electrons. The van der Waals surface area contributed by atoms with Crippen LogP contribution >= 0.6 is 23.2 Å². The van der Waals surface area contributed by atoms with Gasteiger partial charge in [0.15, 0.2) is 6.04 Å². The fraction of sp³-hybridized carbons (Fsp3) is 0.304. The molecule has 0 aliphatic carbocycles. The summed E-state index contributed by atoms with van der Waals surface area (Å²) in [5, 5.41) is 4.83. The number of hydrogen-bond acceptors (Lipinski definition) is 4. The highest BCUT2D eigenvalue weighted by atomic mass is 35.5. The van der Waals surface area contributed by atoms with E-state index in [1.807, 2.05) is 31.2 Å². The number of quaternary nitrogens is 1. The van der Waals surface area contributed by atoms with Crippen LogP contribution in [0.5, 0.6) is 0 Å². The SMILES string of the molecule is COC(=O)c1[nH]c2ccc(Cl)cc2c1NC(=O)[C@@H](C)[NH+]1CCN(c2cccc(Cl)c2)CC1. The van der Waals surface area contributed by atoms with Crippen LogP contribution in [0.15, 0.2) is 42.5 Å². The molecule has 1 atom stereocenters. The van der Waals surface area contributed by atoms with E-state index in [0.29, 0.717) is 26.6 Å². The van der Waals surface area contributed by atoms with Gasteiger partial charge < -0.3 is 24.8 Å². The molecule has 32 heavy (non-hydrogen) atoms. The van der Waals surface area contributed by atoms with E-state index >= 15 is 0 Å². The van der Waals surface area contributed by atoms with E-state index in [1.54, 1.807) is 18.2 Å². The third-order valence-corrected chi connectivity index (χ3v) is 6.45. The second kappa shape index (κ2) is 9.40. The molecule has 0 unspecified atom stereocenters. The molecular weight excluding hydrogens is 451 g/mol. The number of aromatic amines is 1. The quantitative estimate of drug-likeness (QED) is 0.495. The van der Waals surface area contributed by atoms with E-state index in [1.165, 1.54) is 12.0 Å². The van der Waals surface area contributed by atoms with Crippen molar-refractivity contribution in [2.75, 3.05) is 43.5 Å². The van der Waals surface area contributed by atoms with Crippen molar-refractivity contribution >= 4 is 57.4 Å². The Morgan fingerprint density at radius 2 is 1.84 bits per heavy atom. The van der Waals surface area contributed by atoms with Gasteiger partial charge in [-0.25, -0.2) is 4.79 Å². The lowest BCUT2D eigenvalue weighted by Crippen LogP contribution is -3.19. The summed E-state index contributed by atoms with van der Waals surface area (Å²) >= 11 is 12.3. The van der Waals surface area contributed by atoms with Gasteiger partial charge in [-0.15, -0.1) is 0 Å². The first-order valence-electron chi connectivity index (χ1n) is 10.4. The summed E-state index contributed by atoms with van der Waals surface area (Å²) in [5.41, 5.74) is 2.38. The average molecular weight is 476 g/mol. The first-order valence-corrected chi connectivity index (χ1v) is 11.2. The van der Waals surface area contributed by atoms with Crippen molar-refractivity contribution < 1.29 is 19.2 Å². The van der Waals surface area contributed by atoms with Crippen LogP contribution in [-0.2, 0) is 9.53 Å². The number of benzene rings is 2. The van der Waals surface area contributed by atoms with Crippen LogP contribution in [0, 0.1) is 0 Å². The van der Waals surface area contributed by atoms with E-state index in [4.69, 9.17) is 27.9 Å². The Bertz CT molecular complexity index is 1160. The lowest BCUT2D eigenvalue weighted by molar-refractivity contribution is -0.914. The minimum atomic E-state index is -0.553. The molecule has 1 aromatic heterocycles. The number of anilines is 2. The largest absolute Gasteiger partial charge is 0.464 e. The molecule has 168 valence electrons. The van der Waals surface area contributed by atoms with Crippen LogP contribution in [0.4, 0.5) is 11.4 Å². The van der Waals surface area contributed by atoms with Crippen molar-refractivity contribution in [2.24, 2.45) is 0 Å². The normalized spacial score (nSPS) is 15.6. The zero-order valence-corrected chi connectivity index (χ0v) is 19.4. The van der Waals surface area contributed by atoms with Crippen LogP contribution in [0.2, 0.25) is 10.0 Å².